The Morgan fingerprint density at radius 2 is 2.21 bits per heavy atom. The number of carboxylic acids is 1. The summed E-state index contributed by atoms with van der Waals surface area (Å²) >= 11 is 0. The predicted octanol–water partition coefficient (Wildman–Crippen LogP) is 1.60. The Bertz CT molecular complexity index is 614. The number of nitrogens with zero attached hydrogens (tertiary/aromatic N) is 1. The number of likely N-dealkylation sites (tertiary alicyclic amines) is 1. The molecule has 0 saturated carbocycles. The molecule has 1 fully saturated rings. The van der Waals surface area contributed by atoms with Gasteiger partial charge < -0.3 is 15.0 Å². The van der Waals surface area contributed by atoms with Gasteiger partial charge in [-0.3, -0.25) is 9.59 Å². The summed E-state index contributed by atoms with van der Waals surface area (Å²) in [5.74, 6) is -1.56. The molecule has 2 heterocycles. The summed E-state index contributed by atoms with van der Waals surface area (Å²) in [4.78, 5) is 27.5. The van der Waals surface area contributed by atoms with Crippen LogP contribution < -0.4 is 0 Å². The second-order valence-corrected chi connectivity index (χ2v) is 4.90. The first-order chi connectivity index (χ1) is 9.13. The Balaban J connectivity index is 1.78. The molecule has 5 nitrogen and oxygen atoms in total. The maximum Gasteiger partial charge on any atom is 0.308 e. The topological polar surface area (TPSA) is 73.4 Å². The molecule has 0 spiro atoms. The molecule has 1 aliphatic heterocycles. The molecule has 1 aromatic carbocycles. The molecule has 1 atom stereocenters. The van der Waals surface area contributed by atoms with Crippen LogP contribution in [-0.4, -0.2) is 33.4 Å². The number of amides is 1. The fourth-order valence-corrected chi connectivity index (χ4v) is 2.51. The number of benzene rings is 1. The van der Waals surface area contributed by atoms with Crippen molar-refractivity contribution in [3.63, 3.8) is 0 Å². The lowest BCUT2D eigenvalue weighted by Crippen LogP contribution is -2.25. The molecule has 5 heteroatoms. The zero-order valence-corrected chi connectivity index (χ0v) is 10.3. The predicted molar refractivity (Wildman–Crippen MR) is 69.5 cm³/mol. The van der Waals surface area contributed by atoms with Crippen LogP contribution in [0.2, 0.25) is 0 Å². The van der Waals surface area contributed by atoms with Gasteiger partial charge in [0.2, 0.25) is 5.91 Å². The van der Waals surface area contributed by atoms with E-state index in [1.54, 1.807) is 4.90 Å². The van der Waals surface area contributed by atoms with Crippen molar-refractivity contribution in [1.82, 2.24) is 9.88 Å². The maximum atomic E-state index is 11.8. The summed E-state index contributed by atoms with van der Waals surface area (Å²) in [5.41, 5.74) is 1.96. The number of nitrogens with one attached hydrogen (secondary N) is 1. The highest BCUT2D eigenvalue weighted by Gasteiger charge is 2.34. The Morgan fingerprint density at radius 1 is 1.42 bits per heavy atom. The number of aliphatic carboxylic acids is 1. The second kappa shape index (κ2) is 4.42. The minimum absolute atomic E-state index is 0.0916. The van der Waals surface area contributed by atoms with Gasteiger partial charge in [-0.25, -0.2) is 0 Å². The van der Waals surface area contributed by atoms with Crippen molar-refractivity contribution < 1.29 is 14.7 Å². The number of hydrogen-bond acceptors (Lipinski definition) is 2. The second-order valence-electron chi connectivity index (χ2n) is 4.90. The smallest absolute Gasteiger partial charge is 0.308 e. The quantitative estimate of drug-likeness (QED) is 0.878. The van der Waals surface area contributed by atoms with E-state index in [9.17, 15) is 9.59 Å². The van der Waals surface area contributed by atoms with Crippen LogP contribution in [0.4, 0.5) is 0 Å². The summed E-state index contributed by atoms with van der Waals surface area (Å²) in [6, 6.07) is 9.88. The SMILES string of the molecule is O=C(O)C1CC(=O)N(Cc2cc3ccccc3[nH]2)C1. The van der Waals surface area contributed by atoms with Crippen molar-refractivity contribution in [3.8, 4) is 0 Å². The maximum absolute atomic E-state index is 11.8. The Labute approximate surface area is 109 Å². The molecule has 98 valence electrons. The van der Waals surface area contributed by atoms with Crippen molar-refractivity contribution in [2.45, 2.75) is 13.0 Å². The molecule has 0 radical (unpaired) electrons. The minimum Gasteiger partial charge on any atom is -0.481 e. The number of carboxylic acid groups (broad SMARTS) is 1. The molecular formula is C14H14N2O3. The number of H-pyrrole nitrogens is 1. The first-order valence-corrected chi connectivity index (χ1v) is 6.20. The van der Waals surface area contributed by atoms with Gasteiger partial charge >= 0.3 is 5.97 Å². The van der Waals surface area contributed by atoms with E-state index in [1.807, 2.05) is 30.3 Å². The van der Waals surface area contributed by atoms with E-state index < -0.39 is 11.9 Å². The number of rotatable bonds is 3. The highest BCUT2D eigenvalue weighted by molar-refractivity contribution is 5.86. The summed E-state index contributed by atoms with van der Waals surface area (Å²) in [6.45, 7) is 0.737. The molecule has 19 heavy (non-hydrogen) atoms. The molecule has 1 aromatic heterocycles. The third kappa shape index (κ3) is 2.19. The van der Waals surface area contributed by atoms with E-state index in [0.29, 0.717) is 13.1 Å². The molecule has 1 aliphatic rings. The largest absolute Gasteiger partial charge is 0.481 e. The van der Waals surface area contributed by atoms with Gasteiger partial charge in [-0.2, -0.15) is 0 Å². The Morgan fingerprint density at radius 3 is 2.89 bits per heavy atom. The van der Waals surface area contributed by atoms with E-state index in [-0.39, 0.29) is 12.3 Å². The molecule has 0 aliphatic carbocycles. The highest BCUT2D eigenvalue weighted by atomic mass is 16.4. The Hall–Kier alpha value is -2.30. The van der Waals surface area contributed by atoms with Crippen molar-refractivity contribution in [2.75, 3.05) is 6.54 Å². The van der Waals surface area contributed by atoms with E-state index in [1.165, 1.54) is 0 Å². The van der Waals surface area contributed by atoms with E-state index >= 15 is 0 Å². The molecule has 1 saturated heterocycles. The van der Waals surface area contributed by atoms with Crippen LogP contribution in [0.5, 0.6) is 0 Å². The van der Waals surface area contributed by atoms with E-state index in [4.69, 9.17) is 5.11 Å². The molecular weight excluding hydrogens is 244 g/mol. The molecule has 2 N–H and O–H groups in total. The molecule has 2 aromatic rings. The molecule has 1 amide bonds. The summed E-state index contributed by atoms with van der Waals surface area (Å²) in [6.07, 6.45) is 0.107. The van der Waals surface area contributed by atoms with E-state index in [0.717, 1.165) is 16.6 Å². The fraction of sp³-hybridized carbons (Fsp3) is 0.286. The average molecular weight is 258 g/mol. The number of para-hydroxylation sites is 1. The van der Waals surface area contributed by atoms with Gasteiger partial charge in [0.15, 0.2) is 0 Å². The Kier molecular flexibility index (Phi) is 2.74. The first-order valence-electron chi connectivity index (χ1n) is 6.20. The van der Waals surface area contributed by atoms with Gasteiger partial charge in [-0.05, 0) is 17.5 Å². The van der Waals surface area contributed by atoms with Crippen LogP contribution in [0.25, 0.3) is 10.9 Å². The van der Waals surface area contributed by atoms with Gasteiger partial charge in [-0.1, -0.05) is 18.2 Å². The van der Waals surface area contributed by atoms with Crippen LogP contribution in [0.3, 0.4) is 0 Å². The van der Waals surface area contributed by atoms with Crippen LogP contribution >= 0.6 is 0 Å². The summed E-state index contributed by atoms with van der Waals surface area (Å²) < 4.78 is 0. The number of carbonyl (C=O) groups is 2. The number of aromatic nitrogens is 1. The fourth-order valence-electron chi connectivity index (χ4n) is 2.51. The van der Waals surface area contributed by atoms with Crippen LogP contribution in [0, 0.1) is 5.92 Å². The van der Waals surface area contributed by atoms with Crippen LogP contribution in [-0.2, 0) is 16.1 Å². The highest BCUT2D eigenvalue weighted by Crippen LogP contribution is 2.22. The normalized spacial score (nSPS) is 19.3. The van der Waals surface area contributed by atoms with Crippen molar-refractivity contribution in [1.29, 1.82) is 0 Å². The number of hydrogen-bond donors (Lipinski definition) is 2. The summed E-state index contributed by atoms with van der Waals surface area (Å²) in [5, 5.41) is 10.0. The van der Waals surface area contributed by atoms with Gasteiger partial charge in [0.05, 0.1) is 12.5 Å². The lowest BCUT2D eigenvalue weighted by molar-refractivity contribution is -0.141. The molecule has 0 bridgehead atoms. The zero-order valence-electron chi connectivity index (χ0n) is 10.3. The molecule has 1 unspecified atom stereocenters. The minimum atomic E-state index is -0.896. The van der Waals surface area contributed by atoms with E-state index in [2.05, 4.69) is 4.98 Å². The van der Waals surface area contributed by atoms with Crippen molar-refractivity contribution in [3.05, 3.63) is 36.0 Å². The lowest BCUT2D eigenvalue weighted by Gasteiger charge is -2.14. The third-order valence-corrected chi connectivity index (χ3v) is 3.51. The van der Waals surface area contributed by atoms with Crippen LogP contribution in [0.1, 0.15) is 12.1 Å². The zero-order chi connectivity index (χ0) is 13.4. The third-order valence-electron chi connectivity index (χ3n) is 3.51. The first kappa shape index (κ1) is 11.8. The van der Waals surface area contributed by atoms with Crippen molar-refractivity contribution >= 4 is 22.8 Å². The van der Waals surface area contributed by atoms with Crippen molar-refractivity contribution in [2.24, 2.45) is 5.92 Å². The van der Waals surface area contributed by atoms with Gasteiger partial charge in [-0.15, -0.1) is 0 Å². The number of fused-ring (bicyclic) bond motifs is 1. The van der Waals surface area contributed by atoms with Gasteiger partial charge in [0.1, 0.15) is 0 Å². The number of carbonyl (C=O) groups excluding carboxylic acids is 1. The van der Waals surface area contributed by atoms with Crippen LogP contribution in [0.15, 0.2) is 30.3 Å². The monoisotopic (exact) mass is 258 g/mol. The lowest BCUT2D eigenvalue weighted by atomic mass is 10.1. The number of aromatic amines is 1. The summed E-state index contributed by atoms with van der Waals surface area (Å²) in [7, 11) is 0. The average Bonchev–Trinajstić information content (AvgIpc) is 2.93. The van der Waals surface area contributed by atoms with Gasteiger partial charge in [0.25, 0.3) is 0 Å². The van der Waals surface area contributed by atoms with Gasteiger partial charge in [0, 0.05) is 24.2 Å². The molecule has 3 rings (SSSR count). The standard InChI is InChI=1S/C14H14N2O3/c17-13-6-10(14(18)19)7-16(13)8-11-5-9-3-1-2-4-12(9)15-11/h1-5,10,15H,6-8H2,(H,18,19).